The molecule has 5 nitrogen and oxygen atoms in total. The fourth-order valence-corrected chi connectivity index (χ4v) is 2.22. The van der Waals surface area contributed by atoms with Gasteiger partial charge in [0.15, 0.2) is 0 Å². The lowest BCUT2D eigenvalue weighted by Gasteiger charge is -2.32. The average molecular weight is 284 g/mol. The van der Waals surface area contributed by atoms with Gasteiger partial charge in [0.2, 0.25) is 0 Å². The lowest BCUT2D eigenvalue weighted by molar-refractivity contribution is -0.142. The van der Waals surface area contributed by atoms with Gasteiger partial charge in [-0.15, -0.1) is 0 Å². The van der Waals surface area contributed by atoms with Crippen molar-refractivity contribution in [2.24, 2.45) is 11.3 Å². The fraction of sp³-hybridized carbons (Fsp3) is 0.867. The van der Waals surface area contributed by atoms with Crippen molar-refractivity contribution in [3.63, 3.8) is 0 Å². The van der Waals surface area contributed by atoms with Crippen LogP contribution >= 0.6 is 0 Å². The van der Waals surface area contributed by atoms with Crippen molar-refractivity contribution in [1.82, 2.24) is 10.2 Å². The van der Waals surface area contributed by atoms with E-state index in [0.29, 0.717) is 25.4 Å². The summed E-state index contributed by atoms with van der Waals surface area (Å²) in [5.41, 5.74) is 0.000228. The topological polar surface area (TPSA) is 69.6 Å². The number of nitrogens with zero attached hydrogens (tertiary/aromatic N) is 1. The van der Waals surface area contributed by atoms with E-state index in [1.165, 1.54) is 4.90 Å². The number of hydrogen-bond donors (Lipinski definition) is 2. The maximum Gasteiger partial charge on any atom is 0.326 e. The molecule has 1 heterocycles. The van der Waals surface area contributed by atoms with Crippen LogP contribution in [0.25, 0.3) is 0 Å². The molecule has 0 bridgehead atoms. The molecule has 2 N–H and O–H groups in total. The molecular formula is C15H28N2O3. The van der Waals surface area contributed by atoms with E-state index in [0.717, 1.165) is 19.3 Å². The zero-order valence-corrected chi connectivity index (χ0v) is 13.1. The number of aliphatic carboxylic acids is 1. The third-order valence-electron chi connectivity index (χ3n) is 4.56. The van der Waals surface area contributed by atoms with Gasteiger partial charge in [0.05, 0.1) is 0 Å². The molecule has 1 aliphatic heterocycles. The summed E-state index contributed by atoms with van der Waals surface area (Å²) in [4.78, 5) is 25.1. The van der Waals surface area contributed by atoms with E-state index in [1.807, 2.05) is 0 Å². The minimum absolute atomic E-state index is 0.000228. The normalized spacial score (nSPS) is 20.6. The molecule has 1 fully saturated rings. The number of likely N-dealkylation sites (tertiary alicyclic amines) is 1. The Balaban J connectivity index is 2.65. The first-order valence-corrected chi connectivity index (χ1v) is 7.53. The van der Waals surface area contributed by atoms with Crippen molar-refractivity contribution in [2.45, 2.75) is 59.4 Å². The molecule has 0 saturated carbocycles. The van der Waals surface area contributed by atoms with Crippen LogP contribution in [-0.4, -0.2) is 41.1 Å². The Morgan fingerprint density at radius 2 is 1.95 bits per heavy atom. The summed E-state index contributed by atoms with van der Waals surface area (Å²) in [6.07, 6.45) is 3.30. The summed E-state index contributed by atoms with van der Waals surface area (Å²) in [7, 11) is 0. The molecule has 1 unspecified atom stereocenters. The van der Waals surface area contributed by atoms with Gasteiger partial charge in [0, 0.05) is 13.1 Å². The Morgan fingerprint density at radius 1 is 1.30 bits per heavy atom. The van der Waals surface area contributed by atoms with Gasteiger partial charge in [-0.2, -0.15) is 0 Å². The third kappa shape index (κ3) is 4.39. The molecule has 5 heteroatoms. The van der Waals surface area contributed by atoms with Gasteiger partial charge in [-0.25, -0.2) is 9.59 Å². The standard InChI is InChI=1S/C15H28N2O3/c1-11(2)15(3,4)10-16-14(20)17-9-7-5-6-8-12(17)13(18)19/h11-12H,5-10H2,1-4H3,(H,16,20)(H,18,19). The van der Waals surface area contributed by atoms with Crippen molar-refractivity contribution in [1.29, 1.82) is 0 Å². The molecule has 0 aromatic heterocycles. The van der Waals surface area contributed by atoms with Crippen LogP contribution in [0.1, 0.15) is 53.4 Å². The van der Waals surface area contributed by atoms with E-state index < -0.39 is 12.0 Å². The highest BCUT2D eigenvalue weighted by molar-refractivity contribution is 5.82. The van der Waals surface area contributed by atoms with Gasteiger partial charge >= 0.3 is 12.0 Å². The molecule has 116 valence electrons. The number of urea groups is 1. The number of carbonyl (C=O) groups excluding carboxylic acids is 1. The van der Waals surface area contributed by atoms with Crippen LogP contribution in [0, 0.1) is 11.3 Å². The zero-order valence-electron chi connectivity index (χ0n) is 13.1. The van der Waals surface area contributed by atoms with Crippen LogP contribution in [0.4, 0.5) is 4.79 Å². The van der Waals surface area contributed by atoms with Crippen LogP contribution in [-0.2, 0) is 4.79 Å². The van der Waals surface area contributed by atoms with E-state index in [-0.39, 0.29) is 11.4 Å². The van der Waals surface area contributed by atoms with Crippen LogP contribution in [0.2, 0.25) is 0 Å². The number of nitrogens with one attached hydrogen (secondary N) is 1. The second kappa shape index (κ2) is 6.95. The van der Waals surface area contributed by atoms with Crippen molar-refractivity contribution in [2.75, 3.05) is 13.1 Å². The number of carboxylic acid groups (broad SMARTS) is 1. The van der Waals surface area contributed by atoms with E-state index in [4.69, 9.17) is 0 Å². The minimum Gasteiger partial charge on any atom is -0.480 e. The summed E-state index contributed by atoms with van der Waals surface area (Å²) >= 11 is 0. The summed E-state index contributed by atoms with van der Waals surface area (Å²) in [6.45, 7) is 9.55. The number of carbonyl (C=O) groups is 2. The molecule has 0 aliphatic carbocycles. The number of amides is 2. The molecule has 1 rings (SSSR count). The van der Waals surface area contributed by atoms with Gasteiger partial charge in [0.25, 0.3) is 0 Å². The third-order valence-corrected chi connectivity index (χ3v) is 4.56. The molecule has 0 radical (unpaired) electrons. The minimum atomic E-state index is -0.898. The summed E-state index contributed by atoms with van der Waals surface area (Å²) in [5.74, 6) is -0.452. The maximum absolute atomic E-state index is 12.3. The predicted octanol–water partition coefficient (Wildman–Crippen LogP) is 2.71. The Bertz CT molecular complexity index is 353. The fourth-order valence-electron chi connectivity index (χ4n) is 2.22. The van der Waals surface area contributed by atoms with Crippen molar-refractivity contribution in [3.05, 3.63) is 0 Å². The van der Waals surface area contributed by atoms with Gasteiger partial charge < -0.3 is 15.3 Å². The second-order valence-electron chi connectivity index (χ2n) is 6.70. The average Bonchev–Trinajstić information content (AvgIpc) is 2.61. The molecule has 0 aromatic rings. The maximum atomic E-state index is 12.3. The van der Waals surface area contributed by atoms with E-state index in [9.17, 15) is 14.7 Å². The van der Waals surface area contributed by atoms with Crippen LogP contribution in [0.5, 0.6) is 0 Å². The van der Waals surface area contributed by atoms with Crippen molar-refractivity contribution >= 4 is 12.0 Å². The monoisotopic (exact) mass is 284 g/mol. The first-order chi connectivity index (χ1) is 9.25. The molecule has 2 amide bonds. The van der Waals surface area contributed by atoms with Gasteiger partial charge in [-0.05, 0) is 24.2 Å². The van der Waals surface area contributed by atoms with Crippen LogP contribution < -0.4 is 5.32 Å². The Labute approximate surface area is 121 Å². The highest BCUT2D eigenvalue weighted by Gasteiger charge is 2.32. The van der Waals surface area contributed by atoms with Gasteiger partial charge in [0.1, 0.15) is 6.04 Å². The Morgan fingerprint density at radius 3 is 2.50 bits per heavy atom. The van der Waals surface area contributed by atoms with Gasteiger partial charge in [-0.1, -0.05) is 40.5 Å². The van der Waals surface area contributed by atoms with Crippen molar-refractivity contribution < 1.29 is 14.7 Å². The number of carboxylic acids is 1. The lowest BCUT2D eigenvalue weighted by atomic mass is 9.81. The smallest absolute Gasteiger partial charge is 0.326 e. The number of hydrogen-bond acceptors (Lipinski definition) is 2. The predicted molar refractivity (Wildman–Crippen MR) is 78.6 cm³/mol. The Hall–Kier alpha value is -1.26. The molecule has 1 atom stereocenters. The number of rotatable bonds is 4. The molecule has 1 aliphatic rings. The highest BCUT2D eigenvalue weighted by Crippen LogP contribution is 2.25. The van der Waals surface area contributed by atoms with Crippen molar-refractivity contribution in [3.8, 4) is 0 Å². The highest BCUT2D eigenvalue weighted by atomic mass is 16.4. The molecule has 20 heavy (non-hydrogen) atoms. The first-order valence-electron chi connectivity index (χ1n) is 7.53. The van der Waals surface area contributed by atoms with E-state index in [2.05, 4.69) is 33.0 Å². The second-order valence-corrected chi connectivity index (χ2v) is 6.70. The van der Waals surface area contributed by atoms with Crippen LogP contribution in [0.15, 0.2) is 0 Å². The summed E-state index contributed by atoms with van der Waals surface area (Å²) in [6, 6.07) is -0.923. The molecular weight excluding hydrogens is 256 g/mol. The lowest BCUT2D eigenvalue weighted by Crippen LogP contribution is -2.51. The summed E-state index contributed by atoms with van der Waals surface area (Å²) < 4.78 is 0. The largest absolute Gasteiger partial charge is 0.480 e. The molecule has 1 saturated heterocycles. The van der Waals surface area contributed by atoms with Gasteiger partial charge in [-0.3, -0.25) is 0 Å². The molecule has 0 spiro atoms. The van der Waals surface area contributed by atoms with E-state index >= 15 is 0 Å². The van der Waals surface area contributed by atoms with E-state index in [1.54, 1.807) is 0 Å². The quantitative estimate of drug-likeness (QED) is 0.834. The van der Waals surface area contributed by atoms with Crippen LogP contribution in [0.3, 0.4) is 0 Å². The first kappa shape index (κ1) is 16.8. The Kier molecular flexibility index (Phi) is 5.84. The summed E-state index contributed by atoms with van der Waals surface area (Å²) in [5, 5.41) is 12.2. The molecule has 0 aromatic carbocycles. The SMILES string of the molecule is CC(C)C(C)(C)CNC(=O)N1CCCCCC1C(=O)O. The zero-order chi connectivity index (χ0) is 15.3.